The van der Waals surface area contributed by atoms with Crippen LogP contribution in [0.5, 0.6) is 5.75 Å². The Labute approximate surface area is 169 Å². The molecule has 0 saturated heterocycles. The summed E-state index contributed by atoms with van der Waals surface area (Å²) in [5.74, 6) is -0.0373. The first-order valence-corrected chi connectivity index (χ1v) is 10.2. The Bertz CT molecular complexity index is 945. The second-order valence-corrected chi connectivity index (χ2v) is 7.80. The molecule has 0 fully saturated rings. The van der Waals surface area contributed by atoms with Crippen LogP contribution in [0.15, 0.2) is 60.0 Å². The van der Waals surface area contributed by atoms with E-state index in [2.05, 4.69) is 12.1 Å². The third-order valence-corrected chi connectivity index (χ3v) is 5.85. The van der Waals surface area contributed by atoms with Crippen molar-refractivity contribution in [2.45, 2.75) is 11.8 Å². The van der Waals surface area contributed by atoms with E-state index in [9.17, 15) is 13.2 Å². The van der Waals surface area contributed by atoms with E-state index >= 15 is 0 Å². The molecule has 0 aliphatic carbocycles. The number of hydrogen-bond acceptors (Lipinski definition) is 5. The highest BCUT2D eigenvalue weighted by molar-refractivity contribution is 7.92. The SMILES string of the molecule is C=CCN(c1ccc(OC)cc1)S(=O)(=O)c1ccc(Cl)c(C(=O)NOCC)c1. The predicted molar refractivity (Wildman–Crippen MR) is 108 cm³/mol. The number of benzene rings is 2. The Morgan fingerprint density at radius 3 is 2.50 bits per heavy atom. The molecule has 0 aliphatic rings. The maximum Gasteiger partial charge on any atom is 0.276 e. The van der Waals surface area contributed by atoms with Gasteiger partial charge in [-0.1, -0.05) is 17.7 Å². The van der Waals surface area contributed by atoms with Gasteiger partial charge < -0.3 is 4.74 Å². The van der Waals surface area contributed by atoms with Crippen LogP contribution in [0.4, 0.5) is 5.69 Å². The number of ether oxygens (including phenoxy) is 1. The minimum atomic E-state index is -3.99. The summed E-state index contributed by atoms with van der Waals surface area (Å²) >= 11 is 6.06. The highest BCUT2D eigenvalue weighted by atomic mass is 35.5. The van der Waals surface area contributed by atoms with Gasteiger partial charge in [-0.2, -0.15) is 0 Å². The molecule has 1 N–H and O–H groups in total. The number of methoxy groups -OCH3 is 1. The number of sulfonamides is 1. The van der Waals surface area contributed by atoms with Gasteiger partial charge >= 0.3 is 0 Å². The van der Waals surface area contributed by atoms with Crippen LogP contribution in [-0.4, -0.2) is 34.6 Å². The predicted octanol–water partition coefficient (Wildman–Crippen LogP) is 3.41. The summed E-state index contributed by atoms with van der Waals surface area (Å²) in [5, 5.41) is 0.107. The van der Waals surface area contributed by atoms with Gasteiger partial charge in [0.15, 0.2) is 0 Å². The third-order valence-electron chi connectivity index (χ3n) is 3.73. The lowest BCUT2D eigenvalue weighted by Gasteiger charge is -2.23. The fraction of sp³-hybridized carbons (Fsp3) is 0.211. The summed E-state index contributed by atoms with van der Waals surface area (Å²) in [6.07, 6.45) is 1.47. The van der Waals surface area contributed by atoms with Crippen LogP contribution in [-0.2, 0) is 14.9 Å². The molecular formula is C19H21ClN2O5S. The van der Waals surface area contributed by atoms with Crippen molar-refractivity contribution in [3.05, 3.63) is 65.7 Å². The van der Waals surface area contributed by atoms with E-state index in [1.54, 1.807) is 31.2 Å². The van der Waals surface area contributed by atoms with Crippen LogP contribution in [0.2, 0.25) is 5.02 Å². The van der Waals surface area contributed by atoms with Crippen LogP contribution in [0, 0.1) is 0 Å². The van der Waals surface area contributed by atoms with Gasteiger partial charge in [-0.3, -0.25) is 13.9 Å². The zero-order valence-electron chi connectivity index (χ0n) is 15.5. The molecule has 0 saturated carbocycles. The molecule has 0 unspecified atom stereocenters. The van der Waals surface area contributed by atoms with Crippen LogP contribution in [0.1, 0.15) is 17.3 Å². The van der Waals surface area contributed by atoms with E-state index in [-0.39, 0.29) is 28.6 Å². The van der Waals surface area contributed by atoms with Crippen LogP contribution in [0.3, 0.4) is 0 Å². The molecule has 28 heavy (non-hydrogen) atoms. The molecule has 0 radical (unpaired) electrons. The van der Waals surface area contributed by atoms with Gasteiger partial charge in [0.1, 0.15) is 5.75 Å². The average molecular weight is 425 g/mol. The van der Waals surface area contributed by atoms with Crippen LogP contribution >= 0.6 is 11.6 Å². The Balaban J connectivity index is 2.46. The van der Waals surface area contributed by atoms with Crippen molar-refractivity contribution in [3.63, 3.8) is 0 Å². The summed E-state index contributed by atoms with van der Waals surface area (Å²) in [6.45, 7) is 5.62. The maximum absolute atomic E-state index is 13.2. The van der Waals surface area contributed by atoms with Crippen molar-refractivity contribution >= 4 is 33.2 Å². The number of halogens is 1. The van der Waals surface area contributed by atoms with E-state index < -0.39 is 15.9 Å². The summed E-state index contributed by atoms with van der Waals surface area (Å²) < 4.78 is 32.7. The molecule has 0 atom stereocenters. The van der Waals surface area contributed by atoms with E-state index in [1.807, 2.05) is 0 Å². The highest BCUT2D eigenvalue weighted by Crippen LogP contribution is 2.28. The van der Waals surface area contributed by atoms with Crippen molar-refractivity contribution in [1.82, 2.24) is 5.48 Å². The number of hydroxylamine groups is 1. The maximum atomic E-state index is 13.2. The van der Waals surface area contributed by atoms with Gasteiger partial charge in [0.2, 0.25) is 0 Å². The quantitative estimate of drug-likeness (QED) is 0.492. The molecule has 0 heterocycles. The van der Waals surface area contributed by atoms with Crippen molar-refractivity contribution in [2.24, 2.45) is 0 Å². The van der Waals surface area contributed by atoms with Crippen molar-refractivity contribution < 1.29 is 22.8 Å². The van der Waals surface area contributed by atoms with Gasteiger partial charge in [-0.05, 0) is 49.4 Å². The van der Waals surface area contributed by atoms with Gasteiger partial charge in [0.25, 0.3) is 15.9 Å². The molecule has 0 aliphatic heterocycles. The van der Waals surface area contributed by atoms with E-state index in [4.69, 9.17) is 21.2 Å². The van der Waals surface area contributed by atoms with Crippen LogP contribution < -0.4 is 14.5 Å². The molecule has 1 amide bonds. The first-order valence-electron chi connectivity index (χ1n) is 8.34. The molecule has 2 aromatic rings. The summed E-state index contributed by atoms with van der Waals surface area (Å²) in [7, 11) is -2.46. The van der Waals surface area contributed by atoms with E-state index in [1.165, 1.54) is 35.7 Å². The molecule has 0 aromatic heterocycles. The van der Waals surface area contributed by atoms with Crippen LogP contribution in [0.25, 0.3) is 0 Å². The smallest absolute Gasteiger partial charge is 0.276 e. The summed E-state index contributed by atoms with van der Waals surface area (Å²) in [6, 6.07) is 10.5. The van der Waals surface area contributed by atoms with Crippen molar-refractivity contribution in [3.8, 4) is 5.75 Å². The number of nitrogens with zero attached hydrogens (tertiary/aromatic N) is 1. The summed E-state index contributed by atoms with van der Waals surface area (Å²) in [5.41, 5.74) is 2.62. The lowest BCUT2D eigenvalue weighted by Crippen LogP contribution is -2.31. The standard InChI is InChI=1S/C19H21ClN2O5S/c1-4-12-22(14-6-8-15(26-3)9-7-14)28(24,25)16-10-11-18(20)17(13-16)19(23)21-27-5-2/h4,6-11,13H,1,5,12H2,2-3H3,(H,21,23). The molecule has 2 rings (SSSR count). The number of nitrogens with one attached hydrogen (secondary N) is 1. The normalized spacial score (nSPS) is 11.0. The molecule has 9 heteroatoms. The Hall–Kier alpha value is -2.55. The number of anilines is 1. The second kappa shape index (κ2) is 9.59. The van der Waals surface area contributed by atoms with Gasteiger partial charge in [-0.15, -0.1) is 6.58 Å². The number of amides is 1. The Morgan fingerprint density at radius 2 is 1.93 bits per heavy atom. The minimum absolute atomic E-state index is 0.00974. The highest BCUT2D eigenvalue weighted by Gasteiger charge is 2.26. The Morgan fingerprint density at radius 1 is 1.25 bits per heavy atom. The number of rotatable bonds is 9. The van der Waals surface area contributed by atoms with Crippen molar-refractivity contribution in [1.29, 1.82) is 0 Å². The second-order valence-electron chi connectivity index (χ2n) is 5.53. The van der Waals surface area contributed by atoms with Crippen molar-refractivity contribution in [2.75, 3.05) is 24.6 Å². The van der Waals surface area contributed by atoms with Gasteiger partial charge in [-0.25, -0.2) is 13.9 Å². The number of hydrogen-bond donors (Lipinski definition) is 1. The lowest BCUT2D eigenvalue weighted by atomic mass is 10.2. The molecular weight excluding hydrogens is 404 g/mol. The van der Waals surface area contributed by atoms with Gasteiger partial charge in [0.05, 0.1) is 41.4 Å². The Kier molecular flexibility index (Phi) is 7.45. The molecule has 150 valence electrons. The molecule has 2 aromatic carbocycles. The molecule has 0 spiro atoms. The van der Waals surface area contributed by atoms with Gasteiger partial charge in [0, 0.05) is 0 Å². The minimum Gasteiger partial charge on any atom is -0.497 e. The monoisotopic (exact) mass is 424 g/mol. The first kappa shape index (κ1) is 21.7. The van der Waals surface area contributed by atoms with E-state index in [0.717, 1.165) is 0 Å². The first-order chi connectivity index (χ1) is 13.3. The zero-order chi connectivity index (χ0) is 20.7. The zero-order valence-corrected chi connectivity index (χ0v) is 17.1. The number of carbonyl (C=O) groups is 1. The topological polar surface area (TPSA) is 84.9 Å². The molecule has 7 nitrogen and oxygen atoms in total. The largest absolute Gasteiger partial charge is 0.497 e. The van der Waals surface area contributed by atoms with E-state index in [0.29, 0.717) is 11.4 Å². The third kappa shape index (κ3) is 4.83. The summed E-state index contributed by atoms with van der Waals surface area (Å²) in [4.78, 5) is 17.0. The fourth-order valence-electron chi connectivity index (χ4n) is 2.37. The fourth-order valence-corrected chi connectivity index (χ4v) is 4.03. The lowest BCUT2D eigenvalue weighted by molar-refractivity contribution is 0.0364. The molecule has 0 bridgehead atoms. The average Bonchev–Trinajstić information content (AvgIpc) is 2.70. The number of carbonyl (C=O) groups excluding carboxylic acids is 1.